The number of benzene rings is 1. The summed E-state index contributed by atoms with van der Waals surface area (Å²) in [5.74, 6) is 0.723. The fourth-order valence-corrected chi connectivity index (χ4v) is 4.97. The van der Waals surface area contributed by atoms with Crippen molar-refractivity contribution in [2.24, 2.45) is 0 Å². The molecule has 3 heterocycles. The second-order valence-electron chi connectivity index (χ2n) is 7.08. The number of fused-ring (bicyclic) bond motifs is 1. The van der Waals surface area contributed by atoms with Crippen LogP contribution in [0.1, 0.15) is 47.6 Å². The van der Waals surface area contributed by atoms with Gasteiger partial charge in [-0.05, 0) is 25.3 Å². The number of aryl methyl sites for hydroxylation is 2. The van der Waals surface area contributed by atoms with Crippen LogP contribution < -0.4 is 0 Å². The number of rotatable bonds is 4. The third kappa shape index (κ3) is 3.19. The first kappa shape index (κ1) is 17.7. The van der Waals surface area contributed by atoms with E-state index in [9.17, 15) is 9.90 Å². The molecule has 0 amide bonds. The van der Waals surface area contributed by atoms with Crippen LogP contribution in [-0.4, -0.2) is 55.1 Å². The number of thioether (sulfide) groups is 1. The Morgan fingerprint density at radius 2 is 1.96 bits per heavy atom. The molecule has 1 aromatic heterocycles. The highest BCUT2D eigenvalue weighted by Crippen LogP contribution is 2.41. The van der Waals surface area contributed by atoms with Crippen LogP contribution in [-0.2, 0) is 6.42 Å². The fourth-order valence-electron chi connectivity index (χ4n) is 3.70. The van der Waals surface area contributed by atoms with E-state index in [1.165, 1.54) is 22.0 Å². The molecule has 2 unspecified atom stereocenters. The molecule has 2 aromatic rings. The number of aromatic nitrogens is 3. The summed E-state index contributed by atoms with van der Waals surface area (Å²) in [7, 11) is 0. The standard InChI is InChI=1S/C19H24N4O2S/c1-3-15-20-19-23(21-15)18(25)17(26-19)16(13-6-4-12(2)5-7-13)22-10-8-14(24)9-11-22/h4-7,14,16-17,24H,3,8-11H2,1-2H3. The van der Waals surface area contributed by atoms with Gasteiger partial charge in [0.2, 0.25) is 0 Å². The lowest BCUT2D eigenvalue weighted by atomic mass is 9.96. The number of piperidine rings is 1. The van der Waals surface area contributed by atoms with Crippen molar-refractivity contribution in [1.82, 2.24) is 19.7 Å². The molecule has 26 heavy (non-hydrogen) atoms. The summed E-state index contributed by atoms with van der Waals surface area (Å²) < 4.78 is 1.48. The highest BCUT2D eigenvalue weighted by molar-refractivity contribution is 8.00. The van der Waals surface area contributed by atoms with Gasteiger partial charge >= 0.3 is 0 Å². The molecule has 0 saturated carbocycles. The number of nitrogens with zero attached hydrogens (tertiary/aromatic N) is 4. The molecule has 4 rings (SSSR count). The lowest BCUT2D eigenvalue weighted by Crippen LogP contribution is -2.44. The number of aliphatic hydroxyl groups excluding tert-OH is 1. The Kier molecular flexibility index (Phi) is 4.86. The molecule has 1 fully saturated rings. The van der Waals surface area contributed by atoms with Gasteiger partial charge in [-0.15, -0.1) is 5.10 Å². The molecule has 2 aliphatic rings. The monoisotopic (exact) mass is 372 g/mol. The predicted octanol–water partition coefficient (Wildman–Crippen LogP) is 2.46. The van der Waals surface area contributed by atoms with Crippen molar-refractivity contribution in [3.8, 4) is 0 Å². The normalized spacial score (nSPS) is 22.6. The predicted molar refractivity (Wildman–Crippen MR) is 100 cm³/mol. The van der Waals surface area contributed by atoms with Crippen LogP contribution in [0.5, 0.6) is 0 Å². The topological polar surface area (TPSA) is 71.2 Å². The molecule has 7 heteroatoms. The molecule has 138 valence electrons. The van der Waals surface area contributed by atoms with Gasteiger partial charge in [-0.3, -0.25) is 9.69 Å². The first-order valence-electron chi connectivity index (χ1n) is 9.22. The zero-order valence-electron chi connectivity index (χ0n) is 15.1. The van der Waals surface area contributed by atoms with Crippen LogP contribution in [0.3, 0.4) is 0 Å². The average molecular weight is 372 g/mol. The third-order valence-corrected chi connectivity index (χ3v) is 6.41. The molecule has 1 N–H and O–H groups in total. The molecule has 1 aromatic carbocycles. The largest absolute Gasteiger partial charge is 0.393 e. The highest BCUT2D eigenvalue weighted by Gasteiger charge is 2.43. The summed E-state index contributed by atoms with van der Waals surface area (Å²) in [5.41, 5.74) is 2.34. The molecule has 0 aliphatic carbocycles. The maximum Gasteiger partial charge on any atom is 0.264 e. The molecule has 2 atom stereocenters. The second-order valence-corrected chi connectivity index (χ2v) is 8.18. The van der Waals surface area contributed by atoms with Crippen molar-refractivity contribution in [2.75, 3.05) is 13.1 Å². The van der Waals surface area contributed by atoms with Crippen molar-refractivity contribution < 1.29 is 9.90 Å². The number of hydrogen-bond acceptors (Lipinski definition) is 6. The molecular formula is C19H24N4O2S. The second kappa shape index (κ2) is 7.13. The lowest BCUT2D eigenvalue weighted by molar-refractivity contribution is 0.0551. The van der Waals surface area contributed by atoms with Gasteiger partial charge < -0.3 is 5.11 Å². The van der Waals surface area contributed by atoms with Crippen LogP contribution >= 0.6 is 11.8 Å². The van der Waals surface area contributed by atoms with Gasteiger partial charge in [-0.2, -0.15) is 4.68 Å². The molecule has 0 radical (unpaired) electrons. The van der Waals surface area contributed by atoms with E-state index in [1.807, 2.05) is 6.92 Å². The maximum atomic E-state index is 13.1. The van der Waals surface area contributed by atoms with E-state index in [0.29, 0.717) is 11.0 Å². The van der Waals surface area contributed by atoms with E-state index in [0.717, 1.165) is 37.9 Å². The summed E-state index contributed by atoms with van der Waals surface area (Å²) in [5, 5.41) is 14.7. The molecule has 1 saturated heterocycles. The summed E-state index contributed by atoms with van der Waals surface area (Å²) in [6, 6.07) is 8.39. The molecule has 2 aliphatic heterocycles. The first-order valence-corrected chi connectivity index (χ1v) is 10.1. The van der Waals surface area contributed by atoms with Gasteiger partial charge in [0, 0.05) is 19.5 Å². The Morgan fingerprint density at radius 3 is 2.58 bits per heavy atom. The zero-order valence-corrected chi connectivity index (χ0v) is 15.9. The summed E-state index contributed by atoms with van der Waals surface area (Å²) in [6.45, 7) is 5.64. The van der Waals surface area contributed by atoms with Crippen molar-refractivity contribution >= 4 is 17.7 Å². The van der Waals surface area contributed by atoms with Gasteiger partial charge in [0.15, 0.2) is 11.0 Å². The summed E-state index contributed by atoms with van der Waals surface area (Å²) in [4.78, 5) is 19.9. The smallest absolute Gasteiger partial charge is 0.264 e. The van der Waals surface area contributed by atoms with Crippen LogP contribution in [0.15, 0.2) is 29.4 Å². The molecule has 6 nitrogen and oxygen atoms in total. The van der Waals surface area contributed by atoms with E-state index >= 15 is 0 Å². The van der Waals surface area contributed by atoms with E-state index in [2.05, 4.69) is 46.2 Å². The Morgan fingerprint density at radius 1 is 1.27 bits per heavy atom. The minimum atomic E-state index is -0.256. The van der Waals surface area contributed by atoms with E-state index in [1.54, 1.807) is 0 Å². The molecule has 0 spiro atoms. The van der Waals surface area contributed by atoms with Gasteiger partial charge in [0.1, 0.15) is 5.25 Å². The van der Waals surface area contributed by atoms with Crippen molar-refractivity contribution in [3.63, 3.8) is 0 Å². The number of likely N-dealkylation sites (tertiary alicyclic amines) is 1. The number of hydrogen-bond donors (Lipinski definition) is 1. The van der Waals surface area contributed by atoms with Crippen LogP contribution in [0.2, 0.25) is 0 Å². The van der Waals surface area contributed by atoms with E-state index in [4.69, 9.17) is 0 Å². The van der Waals surface area contributed by atoms with Crippen LogP contribution in [0.4, 0.5) is 0 Å². The SMILES string of the molecule is CCc1nc2n(n1)C(=O)C(C(c1ccc(C)cc1)N1CCC(O)CC1)S2. The van der Waals surface area contributed by atoms with Crippen molar-refractivity contribution in [1.29, 1.82) is 0 Å². The quantitative estimate of drug-likeness (QED) is 0.889. The van der Waals surface area contributed by atoms with Gasteiger partial charge in [-0.1, -0.05) is 48.5 Å². The van der Waals surface area contributed by atoms with Crippen molar-refractivity contribution in [3.05, 3.63) is 41.2 Å². The summed E-state index contributed by atoms with van der Waals surface area (Å²) >= 11 is 1.52. The fraction of sp³-hybridized carbons (Fsp3) is 0.526. The average Bonchev–Trinajstić information content (AvgIpc) is 3.18. The van der Waals surface area contributed by atoms with E-state index in [-0.39, 0.29) is 23.3 Å². The van der Waals surface area contributed by atoms with E-state index < -0.39 is 0 Å². The summed E-state index contributed by atoms with van der Waals surface area (Å²) in [6.07, 6.45) is 1.98. The number of carbonyl (C=O) groups excluding carboxylic acids is 1. The molecular weight excluding hydrogens is 348 g/mol. The first-order chi connectivity index (χ1) is 12.6. The minimum absolute atomic E-state index is 0.00824. The van der Waals surface area contributed by atoms with Crippen LogP contribution in [0.25, 0.3) is 0 Å². The lowest BCUT2D eigenvalue weighted by Gasteiger charge is -2.38. The van der Waals surface area contributed by atoms with Crippen LogP contribution in [0, 0.1) is 6.92 Å². The Labute approximate surface area is 157 Å². The minimum Gasteiger partial charge on any atom is -0.393 e. The zero-order chi connectivity index (χ0) is 18.3. The number of carbonyl (C=O) groups is 1. The Balaban J connectivity index is 1.66. The number of aliphatic hydroxyl groups is 1. The Bertz CT molecular complexity index is 796. The molecule has 0 bridgehead atoms. The van der Waals surface area contributed by atoms with Gasteiger partial charge in [0.25, 0.3) is 5.91 Å². The van der Waals surface area contributed by atoms with Gasteiger partial charge in [-0.25, -0.2) is 4.98 Å². The van der Waals surface area contributed by atoms with Crippen molar-refractivity contribution in [2.45, 2.75) is 55.7 Å². The highest BCUT2D eigenvalue weighted by atomic mass is 32.2. The third-order valence-electron chi connectivity index (χ3n) is 5.22. The van der Waals surface area contributed by atoms with Gasteiger partial charge in [0.05, 0.1) is 12.1 Å². The Hall–Kier alpha value is -1.70. The maximum absolute atomic E-state index is 13.1.